The number of aryl methyl sites for hydroxylation is 1. The molecule has 2 aromatic heterocycles. The molecular formula is C22H19BrN4OS. The van der Waals surface area contributed by atoms with Crippen molar-refractivity contribution in [1.82, 2.24) is 19.7 Å². The quantitative estimate of drug-likeness (QED) is 0.263. The van der Waals surface area contributed by atoms with Crippen LogP contribution in [0.15, 0.2) is 82.7 Å². The second kappa shape index (κ2) is 9.24. The maximum atomic E-state index is 5.84. The number of hydrogen-bond acceptors (Lipinski definition) is 5. The second-order valence-electron chi connectivity index (χ2n) is 6.31. The van der Waals surface area contributed by atoms with Crippen LogP contribution in [0.25, 0.3) is 17.1 Å². The summed E-state index contributed by atoms with van der Waals surface area (Å²) in [4.78, 5) is 4.11. The Balaban J connectivity index is 1.56. The van der Waals surface area contributed by atoms with Crippen LogP contribution >= 0.6 is 27.7 Å². The van der Waals surface area contributed by atoms with E-state index in [0.717, 1.165) is 43.8 Å². The van der Waals surface area contributed by atoms with Crippen molar-refractivity contribution in [3.05, 3.63) is 83.1 Å². The van der Waals surface area contributed by atoms with Gasteiger partial charge in [0.15, 0.2) is 11.0 Å². The number of ether oxygens (including phenoxy) is 1. The van der Waals surface area contributed by atoms with Crippen LogP contribution in [0.2, 0.25) is 0 Å². The molecule has 0 saturated carbocycles. The van der Waals surface area contributed by atoms with E-state index in [1.54, 1.807) is 24.2 Å². The van der Waals surface area contributed by atoms with Crippen molar-refractivity contribution in [2.45, 2.75) is 12.1 Å². The standard InChI is InChI=1S/C22H19BrN4OS/c1-16-4-2-3-5-20(16)27-21(17-10-12-24-13-11-17)25-26-22(27)29-15-14-28-19-8-6-18(23)7-9-19/h2-13H,14-15H2,1H3. The van der Waals surface area contributed by atoms with Crippen LogP contribution in [0, 0.1) is 6.92 Å². The monoisotopic (exact) mass is 466 g/mol. The Hall–Kier alpha value is -2.64. The minimum absolute atomic E-state index is 0.581. The zero-order valence-electron chi connectivity index (χ0n) is 15.8. The van der Waals surface area contributed by atoms with Crippen molar-refractivity contribution in [3.8, 4) is 22.8 Å². The topological polar surface area (TPSA) is 52.8 Å². The van der Waals surface area contributed by atoms with E-state index < -0.39 is 0 Å². The van der Waals surface area contributed by atoms with Gasteiger partial charge >= 0.3 is 0 Å². The summed E-state index contributed by atoms with van der Waals surface area (Å²) < 4.78 is 8.98. The Morgan fingerprint density at radius 2 is 1.72 bits per heavy atom. The van der Waals surface area contributed by atoms with Gasteiger partial charge < -0.3 is 4.74 Å². The van der Waals surface area contributed by atoms with Crippen molar-refractivity contribution >= 4 is 27.7 Å². The molecule has 0 spiro atoms. The highest BCUT2D eigenvalue weighted by molar-refractivity contribution is 9.10. The molecule has 0 atom stereocenters. The first-order valence-electron chi connectivity index (χ1n) is 9.15. The molecule has 5 nitrogen and oxygen atoms in total. The number of pyridine rings is 1. The smallest absolute Gasteiger partial charge is 0.196 e. The van der Waals surface area contributed by atoms with Crippen molar-refractivity contribution in [2.24, 2.45) is 0 Å². The molecule has 2 aromatic carbocycles. The lowest BCUT2D eigenvalue weighted by Gasteiger charge is -2.13. The van der Waals surface area contributed by atoms with Gasteiger partial charge in [0.25, 0.3) is 0 Å². The van der Waals surface area contributed by atoms with Gasteiger partial charge in [0.05, 0.1) is 12.3 Å². The lowest BCUT2D eigenvalue weighted by Crippen LogP contribution is -2.04. The average molecular weight is 467 g/mol. The van der Waals surface area contributed by atoms with Gasteiger partial charge in [-0.05, 0) is 55.0 Å². The molecule has 0 fully saturated rings. The summed E-state index contributed by atoms with van der Waals surface area (Å²) in [7, 11) is 0. The normalized spacial score (nSPS) is 10.8. The molecule has 0 radical (unpaired) electrons. The summed E-state index contributed by atoms with van der Waals surface area (Å²) in [5.74, 6) is 2.42. The van der Waals surface area contributed by atoms with Crippen LogP contribution in [-0.2, 0) is 0 Å². The van der Waals surface area contributed by atoms with Crippen LogP contribution < -0.4 is 4.74 Å². The largest absolute Gasteiger partial charge is 0.493 e. The van der Waals surface area contributed by atoms with Crippen molar-refractivity contribution in [3.63, 3.8) is 0 Å². The molecule has 0 bridgehead atoms. The summed E-state index contributed by atoms with van der Waals surface area (Å²) in [6.07, 6.45) is 3.54. The lowest BCUT2D eigenvalue weighted by atomic mass is 10.2. The summed E-state index contributed by atoms with van der Waals surface area (Å²) in [5, 5.41) is 9.77. The molecule has 29 heavy (non-hydrogen) atoms. The lowest BCUT2D eigenvalue weighted by molar-refractivity contribution is 0.344. The summed E-state index contributed by atoms with van der Waals surface area (Å²) >= 11 is 5.06. The van der Waals surface area contributed by atoms with Crippen LogP contribution in [0.3, 0.4) is 0 Å². The molecule has 0 unspecified atom stereocenters. The average Bonchev–Trinajstić information content (AvgIpc) is 3.17. The van der Waals surface area contributed by atoms with Gasteiger partial charge in [-0.3, -0.25) is 9.55 Å². The first-order chi connectivity index (χ1) is 14.2. The Labute approximate surface area is 182 Å². The van der Waals surface area contributed by atoms with E-state index in [1.165, 1.54) is 0 Å². The fraction of sp³-hybridized carbons (Fsp3) is 0.136. The maximum Gasteiger partial charge on any atom is 0.196 e. The molecule has 4 aromatic rings. The molecule has 0 amide bonds. The SMILES string of the molecule is Cc1ccccc1-n1c(SCCOc2ccc(Br)cc2)nnc1-c1ccncc1. The van der Waals surface area contributed by atoms with Crippen LogP contribution in [-0.4, -0.2) is 32.1 Å². The van der Waals surface area contributed by atoms with Gasteiger partial charge in [0.2, 0.25) is 0 Å². The predicted octanol–water partition coefficient (Wildman–Crippen LogP) is 5.57. The third-order valence-corrected chi connectivity index (χ3v) is 5.75. The van der Waals surface area contributed by atoms with E-state index in [2.05, 4.69) is 54.7 Å². The highest BCUT2D eigenvalue weighted by Crippen LogP contribution is 2.29. The van der Waals surface area contributed by atoms with E-state index in [4.69, 9.17) is 4.74 Å². The number of halogens is 1. The Bertz CT molecular complexity index is 1080. The molecule has 7 heteroatoms. The molecule has 0 aliphatic rings. The number of para-hydroxylation sites is 1. The number of aromatic nitrogens is 4. The highest BCUT2D eigenvalue weighted by Gasteiger charge is 2.17. The van der Waals surface area contributed by atoms with Gasteiger partial charge in [-0.15, -0.1) is 10.2 Å². The van der Waals surface area contributed by atoms with E-state index in [0.29, 0.717) is 6.61 Å². The highest BCUT2D eigenvalue weighted by atomic mass is 79.9. The van der Waals surface area contributed by atoms with E-state index in [9.17, 15) is 0 Å². The van der Waals surface area contributed by atoms with Gasteiger partial charge in [0, 0.05) is 28.2 Å². The van der Waals surface area contributed by atoms with Gasteiger partial charge in [-0.25, -0.2) is 0 Å². The van der Waals surface area contributed by atoms with Crippen LogP contribution in [0.5, 0.6) is 5.75 Å². The molecule has 2 heterocycles. The third kappa shape index (κ3) is 4.68. The first-order valence-corrected chi connectivity index (χ1v) is 10.9. The number of thioether (sulfide) groups is 1. The first kappa shape index (κ1) is 19.7. The molecule has 0 N–H and O–H groups in total. The second-order valence-corrected chi connectivity index (χ2v) is 8.29. The van der Waals surface area contributed by atoms with E-state index in [1.807, 2.05) is 48.5 Å². The molecule has 4 rings (SSSR count). The number of benzene rings is 2. The minimum Gasteiger partial charge on any atom is -0.493 e. The van der Waals surface area contributed by atoms with Gasteiger partial charge in [-0.2, -0.15) is 0 Å². The molecular weight excluding hydrogens is 448 g/mol. The molecule has 0 aliphatic carbocycles. The van der Waals surface area contributed by atoms with Gasteiger partial charge in [-0.1, -0.05) is 45.9 Å². The van der Waals surface area contributed by atoms with Crippen molar-refractivity contribution < 1.29 is 4.74 Å². The summed E-state index contributed by atoms with van der Waals surface area (Å²) in [6, 6.07) is 20.0. The zero-order valence-corrected chi connectivity index (χ0v) is 18.2. The van der Waals surface area contributed by atoms with E-state index >= 15 is 0 Å². The number of hydrogen-bond donors (Lipinski definition) is 0. The summed E-state index contributed by atoms with van der Waals surface area (Å²) in [5.41, 5.74) is 3.21. The predicted molar refractivity (Wildman–Crippen MR) is 120 cm³/mol. The minimum atomic E-state index is 0.581. The van der Waals surface area contributed by atoms with Crippen molar-refractivity contribution in [2.75, 3.05) is 12.4 Å². The molecule has 146 valence electrons. The van der Waals surface area contributed by atoms with Crippen LogP contribution in [0.4, 0.5) is 0 Å². The Morgan fingerprint density at radius 1 is 0.966 bits per heavy atom. The third-order valence-electron chi connectivity index (χ3n) is 4.33. The Morgan fingerprint density at radius 3 is 2.48 bits per heavy atom. The zero-order chi connectivity index (χ0) is 20.1. The number of rotatable bonds is 7. The van der Waals surface area contributed by atoms with Gasteiger partial charge in [0.1, 0.15) is 5.75 Å². The molecule has 0 saturated heterocycles. The Kier molecular flexibility index (Phi) is 6.27. The molecule has 0 aliphatic heterocycles. The van der Waals surface area contributed by atoms with E-state index in [-0.39, 0.29) is 0 Å². The summed E-state index contributed by atoms with van der Waals surface area (Å²) in [6.45, 7) is 2.67. The fourth-order valence-electron chi connectivity index (χ4n) is 2.91. The maximum absolute atomic E-state index is 5.84. The number of nitrogens with zero attached hydrogens (tertiary/aromatic N) is 4. The van der Waals surface area contributed by atoms with Crippen molar-refractivity contribution in [1.29, 1.82) is 0 Å². The van der Waals surface area contributed by atoms with Crippen LogP contribution in [0.1, 0.15) is 5.56 Å². The fourth-order valence-corrected chi connectivity index (χ4v) is 3.93.